The molecule has 2 heterocycles. The highest BCUT2D eigenvalue weighted by atomic mass is 32.2. The van der Waals surface area contributed by atoms with Gasteiger partial charge in [0.15, 0.2) is 0 Å². The molecule has 2 aliphatic rings. The molecular formula is C20H23N4O2S+. The summed E-state index contributed by atoms with van der Waals surface area (Å²) in [6, 6.07) is 13.3. The average Bonchev–Trinajstić information content (AvgIpc) is 2.78. The molecule has 2 N–H and O–H groups in total. The molecule has 0 saturated carbocycles. The van der Waals surface area contributed by atoms with Crippen LogP contribution in [0.15, 0.2) is 52.3 Å². The topological polar surface area (TPSA) is 57.1 Å². The number of urea groups is 1. The maximum Gasteiger partial charge on any atom is 0.322 e. The number of nitrogens with zero attached hydrogens (tertiary/aromatic N) is 2. The maximum absolute atomic E-state index is 12.8. The van der Waals surface area contributed by atoms with Crippen LogP contribution >= 0.6 is 11.8 Å². The Morgan fingerprint density at radius 3 is 2.63 bits per heavy atom. The van der Waals surface area contributed by atoms with Crippen LogP contribution in [0.2, 0.25) is 0 Å². The number of nitrogens with one attached hydrogen (secondary N) is 2. The molecule has 2 aliphatic heterocycles. The van der Waals surface area contributed by atoms with E-state index in [2.05, 4.69) is 12.4 Å². The number of likely N-dealkylation sites (N-methyl/N-ethyl adjacent to an activating group) is 1. The maximum atomic E-state index is 12.8. The molecule has 3 amide bonds. The monoisotopic (exact) mass is 383 g/mol. The normalized spacial score (nSPS) is 17.2. The van der Waals surface area contributed by atoms with E-state index < -0.39 is 0 Å². The number of hydrogen-bond donors (Lipinski definition) is 2. The molecule has 0 spiro atoms. The lowest BCUT2D eigenvalue weighted by Crippen LogP contribution is -3.12. The molecule has 0 unspecified atom stereocenters. The van der Waals surface area contributed by atoms with Crippen LogP contribution in [0.5, 0.6) is 0 Å². The number of benzene rings is 2. The van der Waals surface area contributed by atoms with Gasteiger partial charge in [0.25, 0.3) is 5.91 Å². The largest absolute Gasteiger partial charge is 0.334 e. The summed E-state index contributed by atoms with van der Waals surface area (Å²) in [5.74, 6) is -0.0395. The predicted octanol–water partition coefficient (Wildman–Crippen LogP) is 1.79. The number of anilines is 2. The Kier molecular flexibility index (Phi) is 4.80. The van der Waals surface area contributed by atoms with E-state index in [4.69, 9.17) is 0 Å². The molecule has 0 aromatic heterocycles. The summed E-state index contributed by atoms with van der Waals surface area (Å²) in [6.45, 7) is 3.44. The lowest BCUT2D eigenvalue weighted by molar-refractivity contribution is -0.883. The molecule has 1 fully saturated rings. The summed E-state index contributed by atoms with van der Waals surface area (Å²) in [5, 5.41) is 2.98. The third-order valence-corrected chi connectivity index (χ3v) is 6.26. The Labute approximate surface area is 163 Å². The zero-order valence-electron chi connectivity index (χ0n) is 15.5. The molecule has 1 saturated heterocycles. The molecular weight excluding hydrogens is 360 g/mol. The lowest BCUT2D eigenvalue weighted by Gasteiger charge is -2.30. The first-order valence-electron chi connectivity index (χ1n) is 9.09. The van der Waals surface area contributed by atoms with Crippen LogP contribution in [0.4, 0.5) is 16.2 Å². The van der Waals surface area contributed by atoms with E-state index in [9.17, 15) is 9.59 Å². The van der Waals surface area contributed by atoms with Crippen LogP contribution in [0.25, 0.3) is 0 Å². The van der Waals surface area contributed by atoms with Gasteiger partial charge in [-0.3, -0.25) is 4.79 Å². The highest BCUT2D eigenvalue weighted by molar-refractivity contribution is 7.99. The molecule has 0 atom stereocenters. The minimum Gasteiger partial charge on any atom is -0.334 e. The minimum absolute atomic E-state index is 0.0395. The van der Waals surface area contributed by atoms with Crippen molar-refractivity contribution in [3.05, 3.63) is 48.0 Å². The van der Waals surface area contributed by atoms with Gasteiger partial charge in [0.2, 0.25) is 0 Å². The van der Waals surface area contributed by atoms with E-state index in [1.807, 2.05) is 47.4 Å². The highest BCUT2D eigenvalue weighted by Crippen LogP contribution is 2.41. The van der Waals surface area contributed by atoms with Crippen molar-refractivity contribution < 1.29 is 14.5 Å². The van der Waals surface area contributed by atoms with Crippen molar-refractivity contribution in [2.75, 3.05) is 50.5 Å². The molecule has 4 rings (SSSR count). The van der Waals surface area contributed by atoms with Crippen molar-refractivity contribution in [3.63, 3.8) is 0 Å². The number of quaternary nitrogens is 1. The first kappa shape index (κ1) is 17.9. The molecule has 0 bridgehead atoms. The van der Waals surface area contributed by atoms with Gasteiger partial charge in [-0.25, -0.2) is 4.79 Å². The van der Waals surface area contributed by atoms with Gasteiger partial charge in [-0.1, -0.05) is 23.9 Å². The van der Waals surface area contributed by atoms with Gasteiger partial charge in [-0.05, 0) is 30.3 Å². The van der Waals surface area contributed by atoms with Crippen LogP contribution in [0.3, 0.4) is 0 Å². The van der Waals surface area contributed by atoms with Crippen LogP contribution in [-0.4, -0.2) is 57.1 Å². The summed E-state index contributed by atoms with van der Waals surface area (Å²) >= 11 is 1.58. The van der Waals surface area contributed by atoms with Gasteiger partial charge in [0.1, 0.15) is 0 Å². The van der Waals surface area contributed by atoms with Crippen molar-refractivity contribution in [2.24, 2.45) is 0 Å². The number of carbonyl (C=O) groups excluding carboxylic acids is 2. The smallest absolute Gasteiger partial charge is 0.322 e. The summed E-state index contributed by atoms with van der Waals surface area (Å²) in [7, 11) is 3.92. The van der Waals surface area contributed by atoms with Crippen molar-refractivity contribution in [1.82, 2.24) is 4.90 Å². The predicted molar refractivity (Wildman–Crippen MR) is 107 cm³/mol. The molecule has 0 aliphatic carbocycles. The summed E-state index contributed by atoms with van der Waals surface area (Å²) in [4.78, 5) is 32.3. The van der Waals surface area contributed by atoms with Gasteiger partial charge < -0.3 is 20.0 Å². The number of fused-ring (bicyclic) bond motifs is 2. The van der Waals surface area contributed by atoms with Crippen molar-refractivity contribution >= 4 is 35.1 Å². The van der Waals surface area contributed by atoms with Gasteiger partial charge in [-0.2, -0.15) is 0 Å². The second kappa shape index (κ2) is 7.25. The molecule has 2 aromatic carbocycles. The standard InChI is InChI=1S/C20H22N4O2S/c1-22-9-11-24(12-10-22)20(26)21-14-7-8-18-16(13-14)23(2)19(25)15-5-3-4-6-17(15)27-18/h3-8,13H,9-12H2,1-2H3,(H,21,26)/p+1. The zero-order valence-corrected chi connectivity index (χ0v) is 16.3. The summed E-state index contributed by atoms with van der Waals surface area (Å²) < 4.78 is 0. The Morgan fingerprint density at radius 1 is 1.11 bits per heavy atom. The fourth-order valence-corrected chi connectivity index (χ4v) is 4.46. The van der Waals surface area contributed by atoms with Crippen LogP contribution in [-0.2, 0) is 0 Å². The number of rotatable bonds is 1. The Bertz CT molecular complexity index is 893. The molecule has 0 radical (unpaired) electrons. The third-order valence-electron chi connectivity index (χ3n) is 5.12. The first-order chi connectivity index (χ1) is 13.0. The molecule has 140 valence electrons. The van der Waals surface area contributed by atoms with Crippen molar-refractivity contribution in [2.45, 2.75) is 9.79 Å². The van der Waals surface area contributed by atoms with E-state index in [0.29, 0.717) is 11.3 Å². The summed E-state index contributed by atoms with van der Waals surface area (Å²) in [5.41, 5.74) is 2.21. The Morgan fingerprint density at radius 2 is 1.85 bits per heavy atom. The van der Waals surface area contributed by atoms with E-state index in [1.54, 1.807) is 23.7 Å². The molecule has 2 aromatic rings. The van der Waals surface area contributed by atoms with Gasteiger partial charge >= 0.3 is 6.03 Å². The molecule has 27 heavy (non-hydrogen) atoms. The van der Waals surface area contributed by atoms with E-state index in [-0.39, 0.29) is 11.9 Å². The second-order valence-electron chi connectivity index (χ2n) is 7.02. The second-order valence-corrected chi connectivity index (χ2v) is 8.10. The van der Waals surface area contributed by atoms with E-state index in [0.717, 1.165) is 41.7 Å². The van der Waals surface area contributed by atoms with Crippen LogP contribution in [0.1, 0.15) is 10.4 Å². The van der Waals surface area contributed by atoms with Crippen molar-refractivity contribution in [1.29, 1.82) is 0 Å². The van der Waals surface area contributed by atoms with E-state index in [1.165, 1.54) is 4.90 Å². The van der Waals surface area contributed by atoms with Crippen LogP contribution in [0, 0.1) is 0 Å². The van der Waals surface area contributed by atoms with Gasteiger partial charge in [-0.15, -0.1) is 0 Å². The average molecular weight is 383 g/mol. The fourth-order valence-electron chi connectivity index (χ4n) is 3.38. The minimum atomic E-state index is -0.0824. The quantitative estimate of drug-likeness (QED) is 0.789. The highest BCUT2D eigenvalue weighted by Gasteiger charge is 2.26. The molecule has 6 nitrogen and oxygen atoms in total. The zero-order chi connectivity index (χ0) is 19.0. The Balaban J connectivity index is 1.57. The number of amides is 3. The summed E-state index contributed by atoms with van der Waals surface area (Å²) in [6.07, 6.45) is 0. The number of carbonyl (C=O) groups is 2. The number of piperazine rings is 1. The fraction of sp³-hybridized carbons (Fsp3) is 0.300. The molecule has 7 heteroatoms. The van der Waals surface area contributed by atoms with Gasteiger partial charge in [0.05, 0.1) is 44.5 Å². The number of hydrogen-bond acceptors (Lipinski definition) is 3. The van der Waals surface area contributed by atoms with E-state index >= 15 is 0 Å². The van der Waals surface area contributed by atoms with Gasteiger partial charge in [0, 0.05) is 22.5 Å². The lowest BCUT2D eigenvalue weighted by atomic mass is 10.2. The third kappa shape index (κ3) is 3.52. The van der Waals surface area contributed by atoms with Crippen LogP contribution < -0.4 is 15.1 Å². The first-order valence-corrected chi connectivity index (χ1v) is 9.91. The SMILES string of the molecule is CN1C(=O)c2ccccc2Sc2ccc(NC(=O)N3CC[NH+](C)CC3)cc21. The Hall–Kier alpha value is -2.51. The van der Waals surface area contributed by atoms with Crippen molar-refractivity contribution in [3.8, 4) is 0 Å².